The van der Waals surface area contributed by atoms with Crippen LogP contribution in [-0.4, -0.2) is 13.1 Å². The highest BCUT2D eigenvalue weighted by atomic mass is 16.5. The van der Waals surface area contributed by atoms with Gasteiger partial charge in [-0.3, -0.25) is 4.79 Å². The molecule has 23 heavy (non-hydrogen) atoms. The third kappa shape index (κ3) is 4.87. The molecule has 0 aliphatic rings. The highest BCUT2D eigenvalue weighted by Crippen LogP contribution is 2.26. The van der Waals surface area contributed by atoms with Gasteiger partial charge in [0.2, 0.25) is 0 Å². The highest BCUT2D eigenvalue weighted by Gasteiger charge is 2.11. The summed E-state index contributed by atoms with van der Waals surface area (Å²) in [6.45, 7) is 0. The SMILES string of the molecule is COC(=O)CCCc1ccc(C(N=[N+]=[N-])c2ccccc2)cc1. The maximum Gasteiger partial charge on any atom is 0.305 e. The number of hydrogen-bond donors (Lipinski definition) is 0. The van der Waals surface area contributed by atoms with E-state index in [1.54, 1.807) is 0 Å². The second kappa shape index (κ2) is 8.61. The van der Waals surface area contributed by atoms with Gasteiger partial charge in [-0.2, -0.15) is 0 Å². The Bertz CT molecular complexity index is 677. The molecule has 0 aromatic heterocycles. The van der Waals surface area contributed by atoms with Crippen molar-refractivity contribution < 1.29 is 9.53 Å². The quantitative estimate of drug-likeness (QED) is 0.325. The average molecular weight is 309 g/mol. The minimum absolute atomic E-state index is 0.186. The van der Waals surface area contributed by atoms with Crippen molar-refractivity contribution >= 4 is 5.97 Å². The second-order valence-corrected chi connectivity index (χ2v) is 5.19. The lowest BCUT2D eigenvalue weighted by molar-refractivity contribution is -0.140. The lowest BCUT2D eigenvalue weighted by Crippen LogP contribution is -2.01. The Kier molecular flexibility index (Phi) is 6.21. The zero-order chi connectivity index (χ0) is 16.5. The van der Waals surface area contributed by atoms with Crippen molar-refractivity contribution in [2.45, 2.75) is 25.3 Å². The third-order valence-corrected chi connectivity index (χ3v) is 3.65. The van der Waals surface area contributed by atoms with Gasteiger partial charge in [0.05, 0.1) is 13.2 Å². The Morgan fingerprint density at radius 2 is 1.78 bits per heavy atom. The number of esters is 1. The van der Waals surface area contributed by atoms with Gasteiger partial charge in [0.25, 0.3) is 0 Å². The van der Waals surface area contributed by atoms with Crippen LogP contribution in [0.1, 0.15) is 35.6 Å². The zero-order valence-corrected chi connectivity index (χ0v) is 13.1. The fourth-order valence-corrected chi connectivity index (χ4v) is 2.42. The van der Waals surface area contributed by atoms with Crippen LogP contribution in [-0.2, 0) is 16.0 Å². The number of methoxy groups -OCH3 is 1. The molecule has 0 saturated carbocycles. The van der Waals surface area contributed by atoms with E-state index in [0.29, 0.717) is 6.42 Å². The molecule has 2 rings (SSSR count). The number of carbonyl (C=O) groups is 1. The third-order valence-electron chi connectivity index (χ3n) is 3.65. The summed E-state index contributed by atoms with van der Waals surface area (Å²) in [5.74, 6) is -0.186. The van der Waals surface area contributed by atoms with E-state index in [0.717, 1.165) is 29.5 Å². The van der Waals surface area contributed by atoms with E-state index >= 15 is 0 Å². The summed E-state index contributed by atoms with van der Waals surface area (Å²) >= 11 is 0. The van der Waals surface area contributed by atoms with Crippen LogP contribution in [0.4, 0.5) is 0 Å². The molecule has 5 nitrogen and oxygen atoms in total. The molecule has 0 spiro atoms. The summed E-state index contributed by atoms with van der Waals surface area (Å²) in [6.07, 6.45) is 1.99. The van der Waals surface area contributed by atoms with Crippen LogP contribution in [0, 0.1) is 0 Å². The molecule has 0 aliphatic carbocycles. The Morgan fingerprint density at radius 1 is 1.13 bits per heavy atom. The average Bonchev–Trinajstić information content (AvgIpc) is 2.61. The Hall–Kier alpha value is -2.78. The molecule has 1 unspecified atom stereocenters. The normalized spacial score (nSPS) is 11.3. The van der Waals surface area contributed by atoms with Crippen molar-refractivity contribution in [1.29, 1.82) is 0 Å². The number of aryl methyl sites for hydroxylation is 1. The van der Waals surface area contributed by atoms with Crippen LogP contribution in [0.25, 0.3) is 10.4 Å². The number of hydrogen-bond acceptors (Lipinski definition) is 3. The first-order valence-electron chi connectivity index (χ1n) is 7.49. The monoisotopic (exact) mass is 309 g/mol. The summed E-state index contributed by atoms with van der Waals surface area (Å²) in [6, 6.07) is 17.3. The van der Waals surface area contributed by atoms with Crippen molar-refractivity contribution in [1.82, 2.24) is 0 Å². The lowest BCUT2D eigenvalue weighted by atomic mass is 9.97. The molecule has 0 saturated heterocycles. The van der Waals surface area contributed by atoms with E-state index in [1.807, 2.05) is 54.6 Å². The van der Waals surface area contributed by atoms with Crippen LogP contribution in [0.5, 0.6) is 0 Å². The molecule has 0 fully saturated rings. The maximum atomic E-state index is 11.1. The fourth-order valence-electron chi connectivity index (χ4n) is 2.42. The lowest BCUT2D eigenvalue weighted by Gasteiger charge is -2.12. The molecule has 0 bridgehead atoms. The molecule has 5 heteroatoms. The van der Waals surface area contributed by atoms with Gasteiger partial charge in [-0.25, -0.2) is 0 Å². The molecular weight excluding hydrogens is 290 g/mol. The second-order valence-electron chi connectivity index (χ2n) is 5.19. The van der Waals surface area contributed by atoms with Crippen molar-refractivity contribution in [2.75, 3.05) is 7.11 Å². The zero-order valence-electron chi connectivity index (χ0n) is 13.1. The number of carbonyl (C=O) groups excluding carboxylic acids is 1. The first kappa shape index (κ1) is 16.6. The summed E-state index contributed by atoms with van der Waals surface area (Å²) < 4.78 is 4.63. The first-order chi connectivity index (χ1) is 11.2. The first-order valence-corrected chi connectivity index (χ1v) is 7.49. The molecule has 0 amide bonds. The van der Waals surface area contributed by atoms with E-state index < -0.39 is 0 Å². The van der Waals surface area contributed by atoms with Crippen LogP contribution in [0.2, 0.25) is 0 Å². The van der Waals surface area contributed by atoms with Gasteiger partial charge < -0.3 is 4.74 Å². The van der Waals surface area contributed by atoms with Crippen molar-refractivity contribution in [3.05, 3.63) is 81.7 Å². The molecule has 2 aromatic carbocycles. The van der Waals surface area contributed by atoms with Crippen molar-refractivity contribution in [2.24, 2.45) is 5.11 Å². The van der Waals surface area contributed by atoms with Crippen LogP contribution in [0.15, 0.2) is 59.7 Å². The Morgan fingerprint density at radius 3 is 2.39 bits per heavy atom. The van der Waals surface area contributed by atoms with Gasteiger partial charge in [-0.05, 0) is 35.1 Å². The van der Waals surface area contributed by atoms with Crippen LogP contribution >= 0.6 is 0 Å². The molecule has 0 heterocycles. The summed E-state index contributed by atoms with van der Waals surface area (Å²) in [4.78, 5) is 14.1. The summed E-state index contributed by atoms with van der Waals surface area (Å²) in [5.41, 5.74) is 11.9. The predicted octanol–water partition coefficient (Wildman–Crippen LogP) is 4.58. The van der Waals surface area contributed by atoms with Gasteiger partial charge in [0, 0.05) is 11.3 Å². The maximum absolute atomic E-state index is 11.1. The predicted molar refractivity (Wildman–Crippen MR) is 88.8 cm³/mol. The fraction of sp³-hybridized carbons (Fsp3) is 0.278. The molecule has 118 valence electrons. The van der Waals surface area contributed by atoms with Gasteiger partial charge >= 0.3 is 5.97 Å². The number of azide groups is 1. The molecule has 0 aliphatic heterocycles. The summed E-state index contributed by atoms with van der Waals surface area (Å²) in [5, 5.41) is 3.91. The number of nitrogens with zero attached hydrogens (tertiary/aromatic N) is 3. The van der Waals surface area contributed by atoms with Crippen LogP contribution in [0.3, 0.4) is 0 Å². The molecule has 0 radical (unpaired) electrons. The smallest absolute Gasteiger partial charge is 0.305 e. The van der Waals surface area contributed by atoms with Crippen molar-refractivity contribution in [3.63, 3.8) is 0 Å². The Balaban J connectivity index is 2.07. The van der Waals surface area contributed by atoms with Gasteiger partial charge in [-0.15, -0.1) is 0 Å². The Labute approximate surface area is 135 Å². The van der Waals surface area contributed by atoms with E-state index in [9.17, 15) is 4.79 Å². The molecule has 0 N–H and O–H groups in total. The minimum Gasteiger partial charge on any atom is -0.469 e. The van der Waals surface area contributed by atoms with E-state index in [2.05, 4.69) is 14.8 Å². The standard InChI is InChI=1S/C18H19N3O2/c1-23-17(22)9-5-6-14-10-12-16(13-11-14)18(20-21-19)15-7-3-2-4-8-15/h2-4,7-8,10-13,18H,5-6,9H2,1H3. The van der Waals surface area contributed by atoms with E-state index in [-0.39, 0.29) is 12.0 Å². The minimum atomic E-state index is -0.328. The summed E-state index contributed by atoms with van der Waals surface area (Å²) in [7, 11) is 1.40. The topological polar surface area (TPSA) is 75.1 Å². The highest BCUT2D eigenvalue weighted by molar-refractivity contribution is 5.69. The number of ether oxygens (including phenoxy) is 1. The van der Waals surface area contributed by atoms with Gasteiger partial charge in [-0.1, -0.05) is 59.7 Å². The van der Waals surface area contributed by atoms with E-state index in [4.69, 9.17) is 5.53 Å². The molecular formula is C18H19N3O2. The number of benzene rings is 2. The van der Waals surface area contributed by atoms with E-state index in [1.165, 1.54) is 7.11 Å². The number of rotatable bonds is 7. The largest absolute Gasteiger partial charge is 0.469 e. The van der Waals surface area contributed by atoms with Crippen molar-refractivity contribution in [3.8, 4) is 0 Å². The van der Waals surface area contributed by atoms with Crippen LogP contribution < -0.4 is 0 Å². The molecule has 1 atom stereocenters. The van der Waals surface area contributed by atoms with Gasteiger partial charge in [0.1, 0.15) is 0 Å². The van der Waals surface area contributed by atoms with Gasteiger partial charge in [0.15, 0.2) is 0 Å². The molecule has 2 aromatic rings.